The number of hydrazine groups is 1. The minimum atomic E-state index is -0.267. The maximum atomic E-state index is 11.5. The van der Waals surface area contributed by atoms with Crippen LogP contribution in [0.4, 0.5) is 0 Å². The third-order valence-electron chi connectivity index (χ3n) is 3.04. The first-order chi connectivity index (χ1) is 8.45. The van der Waals surface area contributed by atoms with Gasteiger partial charge in [-0.2, -0.15) is 0 Å². The monoisotopic (exact) mass is 249 g/mol. The van der Waals surface area contributed by atoms with E-state index in [1.165, 1.54) is 5.56 Å². The average Bonchev–Trinajstić information content (AvgIpc) is 2.29. The van der Waals surface area contributed by atoms with E-state index in [-0.39, 0.29) is 18.4 Å². The molecule has 0 saturated carbocycles. The average molecular weight is 249 g/mol. The molecule has 0 aromatic heterocycles. The van der Waals surface area contributed by atoms with E-state index in [1.807, 2.05) is 6.92 Å². The zero-order valence-electron chi connectivity index (χ0n) is 11.6. The Balaban J connectivity index is 2.87. The molecule has 0 heterocycles. The number of hydrogen-bond acceptors (Lipinski definition) is 3. The minimum absolute atomic E-state index is 0.0978. The molecular formula is C14H23N3O. The molecule has 0 spiro atoms. The van der Waals surface area contributed by atoms with E-state index >= 15 is 0 Å². The zero-order chi connectivity index (χ0) is 13.7. The SMILES string of the molecule is CNNC(=O)CC(N)c1cc(C(C)C)ccc1C. The lowest BCUT2D eigenvalue weighted by atomic mass is 9.93. The van der Waals surface area contributed by atoms with Crippen molar-refractivity contribution in [2.75, 3.05) is 7.05 Å². The van der Waals surface area contributed by atoms with Crippen molar-refractivity contribution in [1.29, 1.82) is 0 Å². The highest BCUT2D eigenvalue weighted by Crippen LogP contribution is 2.23. The smallest absolute Gasteiger partial charge is 0.235 e. The second-order valence-electron chi connectivity index (χ2n) is 4.88. The van der Waals surface area contributed by atoms with Crippen molar-refractivity contribution in [3.05, 3.63) is 34.9 Å². The van der Waals surface area contributed by atoms with E-state index in [1.54, 1.807) is 7.05 Å². The fraction of sp³-hybridized carbons (Fsp3) is 0.500. The van der Waals surface area contributed by atoms with Gasteiger partial charge in [-0.25, -0.2) is 5.43 Å². The summed E-state index contributed by atoms with van der Waals surface area (Å²) in [5.74, 6) is 0.363. The number of benzene rings is 1. The van der Waals surface area contributed by atoms with E-state index in [9.17, 15) is 4.79 Å². The van der Waals surface area contributed by atoms with Crippen molar-refractivity contribution in [3.8, 4) is 0 Å². The van der Waals surface area contributed by atoms with Gasteiger partial charge in [-0.05, 0) is 29.5 Å². The highest BCUT2D eigenvalue weighted by molar-refractivity contribution is 5.76. The number of amides is 1. The molecule has 18 heavy (non-hydrogen) atoms. The third-order valence-corrected chi connectivity index (χ3v) is 3.04. The van der Waals surface area contributed by atoms with E-state index in [2.05, 4.69) is 42.9 Å². The van der Waals surface area contributed by atoms with Gasteiger partial charge in [0, 0.05) is 19.5 Å². The highest BCUT2D eigenvalue weighted by atomic mass is 16.2. The van der Waals surface area contributed by atoms with Crippen molar-refractivity contribution in [1.82, 2.24) is 10.9 Å². The maximum Gasteiger partial charge on any atom is 0.235 e. The molecule has 0 aliphatic rings. The summed E-state index contributed by atoms with van der Waals surface area (Å²) < 4.78 is 0. The summed E-state index contributed by atoms with van der Waals surface area (Å²) in [7, 11) is 1.66. The lowest BCUT2D eigenvalue weighted by Crippen LogP contribution is -2.36. The molecule has 100 valence electrons. The Bertz CT molecular complexity index is 416. The predicted octanol–water partition coefficient (Wildman–Crippen LogP) is 1.76. The molecule has 0 aliphatic heterocycles. The van der Waals surface area contributed by atoms with E-state index in [4.69, 9.17) is 5.73 Å². The molecule has 4 heteroatoms. The predicted molar refractivity (Wildman–Crippen MR) is 74.0 cm³/mol. The first kappa shape index (κ1) is 14.7. The van der Waals surface area contributed by atoms with Gasteiger partial charge in [-0.15, -0.1) is 0 Å². The van der Waals surface area contributed by atoms with Crippen LogP contribution in [-0.4, -0.2) is 13.0 Å². The largest absolute Gasteiger partial charge is 0.324 e. The Morgan fingerprint density at radius 3 is 2.61 bits per heavy atom. The van der Waals surface area contributed by atoms with Crippen LogP contribution in [0.1, 0.15) is 48.9 Å². The first-order valence-corrected chi connectivity index (χ1v) is 6.27. The molecule has 1 atom stereocenters. The molecular weight excluding hydrogens is 226 g/mol. The molecule has 0 aliphatic carbocycles. The molecule has 4 nitrogen and oxygen atoms in total. The van der Waals surface area contributed by atoms with Crippen LogP contribution in [0.3, 0.4) is 0 Å². The van der Waals surface area contributed by atoms with Crippen molar-refractivity contribution in [2.45, 2.75) is 39.2 Å². The summed E-state index contributed by atoms with van der Waals surface area (Å²) in [6.45, 7) is 6.32. The molecule has 1 aromatic rings. The van der Waals surface area contributed by atoms with E-state index < -0.39 is 0 Å². The van der Waals surface area contributed by atoms with Gasteiger partial charge < -0.3 is 5.73 Å². The molecule has 1 amide bonds. The van der Waals surface area contributed by atoms with Gasteiger partial charge >= 0.3 is 0 Å². The molecule has 0 fully saturated rings. The molecule has 0 saturated heterocycles. The summed E-state index contributed by atoms with van der Waals surface area (Å²) >= 11 is 0. The maximum absolute atomic E-state index is 11.5. The summed E-state index contributed by atoms with van der Waals surface area (Å²) in [6.07, 6.45) is 0.281. The number of carbonyl (C=O) groups excluding carboxylic acids is 1. The molecule has 0 bridgehead atoms. The fourth-order valence-corrected chi connectivity index (χ4v) is 1.92. The Kier molecular flexibility index (Phi) is 5.31. The van der Waals surface area contributed by atoms with Gasteiger partial charge in [0.05, 0.1) is 0 Å². The molecule has 0 radical (unpaired) electrons. The standard InChI is InChI=1S/C14H23N3O/c1-9(2)11-6-5-10(3)12(7-11)13(15)8-14(18)17-16-4/h5-7,9,13,16H,8,15H2,1-4H3,(H,17,18). The summed E-state index contributed by atoms with van der Waals surface area (Å²) in [4.78, 5) is 11.5. The van der Waals surface area contributed by atoms with Crippen LogP contribution in [0.5, 0.6) is 0 Å². The van der Waals surface area contributed by atoms with Crippen LogP contribution in [0.15, 0.2) is 18.2 Å². The number of hydrogen-bond donors (Lipinski definition) is 3. The van der Waals surface area contributed by atoms with E-state index in [0.717, 1.165) is 11.1 Å². The lowest BCUT2D eigenvalue weighted by molar-refractivity contribution is -0.122. The summed E-state index contributed by atoms with van der Waals surface area (Å²) in [5.41, 5.74) is 14.7. The number of rotatable bonds is 5. The Morgan fingerprint density at radius 1 is 1.39 bits per heavy atom. The summed E-state index contributed by atoms with van der Waals surface area (Å²) in [6, 6.07) is 6.03. The number of carbonyl (C=O) groups is 1. The second-order valence-corrected chi connectivity index (χ2v) is 4.88. The normalized spacial score (nSPS) is 12.6. The first-order valence-electron chi connectivity index (χ1n) is 6.27. The van der Waals surface area contributed by atoms with Crippen LogP contribution in [0.2, 0.25) is 0 Å². The number of nitrogens with two attached hydrogens (primary N) is 1. The molecule has 4 N–H and O–H groups in total. The second kappa shape index (κ2) is 6.52. The molecule has 1 unspecified atom stereocenters. The molecule has 1 aromatic carbocycles. The van der Waals surface area contributed by atoms with Gasteiger partial charge in [0.25, 0.3) is 0 Å². The minimum Gasteiger partial charge on any atom is -0.324 e. The highest BCUT2D eigenvalue weighted by Gasteiger charge is 2.14. The molecule has 1 rings (SSSR count). The van der Waals surface area contributed by atoms with E-state index in [0.29, 0.717) is 5.92 Å². The number of aryl methyl sites for hydroxylation is 1. The van der Waals surface area contributed by atoms with Crippen LogP contribution in [0.25, 0.3) is 0 Å². The van der Waals surface area contributed by atoms with Gasteiger partial charge in [0.1, 0.15) is 0 Å². The van der Waals surface area contributed by atoms with Gasteiger partial charge in [0.15, 0.2) is 0 Å². The Morgan fingerprint density at radius 2 is 2.06 bits per heavy atom. The third kappa shape index (κ3) is 3.82. The van der Waals surface area contributed by atoms with Crippen LogP contribution in [0, 0.1) is 6.92 Å². The lowest BCUT2D eigenvalue weighted by Gasteiger charge is -2.17. The summed E-state index contributed by atoms with van der Waals surface area (Å²) in [5, 5.41) is 0. The van der Waals surface area contributed by atoms with Crippen molar-refractivity contribution >= 4 is 5.91 Å². The van der Waals surface area contributed by atoms with Gasteiger partial charge in [-0.1, -0.05) is 32.0 Å². The van der Waals surface area contributed by atoms with Gasteiger partial charge in [0.2, 0.25) is 5.91 Å². The topological polar surface area (TPSA) is 67.1 Å². The fourth-order valence-electron chi connectivity index (χ4n) is 1.92. The van der Waals surface area contributed by atoms with Crippen molar-refractivity contribution in [2.24, 2.45) is 5.73 Å². The van der Waals surface area contributed by atoms with Crippen LogP contribution >= 0.6 is 0 Å². The van der Waals surface area contributed by atoms with Crippen LogP contribution in [-0.2, 0) is 4.79 Å². The zero-order valence-corrected chi connectivity index (χ0v) is 11.6. The van der Waals surface area contributed by atoms with Crippen LogP contribution < -0.4 is 16.6 Å². The Labute approximate surface area is 109 Å². The van der Waals surface area contributed by atoms with Crippen molar-refractivity contribution in [3.63, 3.8) is 0 Å². The van der Waals surface area contributed by atoms with Gasteiger partial charge in [-0.3, -0.25) is 10.2 Å². The quantitative estimate of drug-likeness (QED) is 0.697. The number of nitrogens with one attached hydrogen (secondary N) is 2. The van der Waals surface area contributed by atoms with Crippen molar-refractivity contribution < 1.29 is 4.79 Å². The Hall–Kier alpha value is -1.39.